The maximum atomic E-state index is 12.1. The van der Waals surface area contributed by atoms with Gasteiger partial charge in [-0.3, -0.25) is 4.90 Å². The fourth-order valence-corrected chi connectivity index (χ4v) is 1.93. The minimum atomic E-state index is -4.05. The Labute approximate surface area is 76.9 Å². The number of piperidine rings is 1. The van der Waals surface area contributed by atoms with Crippen molar-refractivity contribution in [2.75, 3.05) is 19.6 Å². The molecule has 78 valence electrons. The number of hydrogen-bond donors (Lipinski definition) is 0. The Morgan fingerprint density at radius 1 is 1.31 bits per heavy atom. The van der Waals surface area contributed by atoms with Crippen molar-refractivity contribution < 1.29 is 13.2 Å². The van der Waals surface area contributed by atoms with Crippen molar-refractivity contribution in [2.45, 2.75) is 32.9 Å². The van der Waals surface area contributed by atoms with Gasteiger partial charge in [-0.1, -0.05) is 13.8 Å². The van der Waals surface area contributed by atoms with Crippen LogP contribution in [0.5, 0.6) is 0 Å². The Balaban J connectivity index is 2.44. The van der Waals surface area contributed by atoms with Gasteiger partial charge in [0.1, 0.15) is 0 Å². The molecule has 0 atom stereocenters. The minimum absolute atomic E-state index is 0.0451. The summed E-state index contributed by atoms with van der Waals surface area (Å²) in [7, 11) is 0. The zero-order chi connectivity index (χ0) is 10.1. The van der Waals surface area contributed by atoms with Gasteiger partial charge < -0.3 is 0 Å². The number of alkyl halides is 3. The smallest absolute Gasteiger partial charge is 0.294 e. The molecular weight excluding hydrogens is 179 g/mol. The molecule has 0 radical (unpaired) electrons. The molecular formula is C9H16F3N. The molecule has 0 aromatic carbocycles. The molecule has 1 rings (SSSR count). The highest BCUT2D eigenvalue weighted by Gasteiger charge is 2.34. The normalized spacial score (nSPS) is 24.7. The zero-order valence-electron chi connectivity index (χ0n) is 8.12. The van der Waals surface area contributed by atoms with Crippen LogP contribution in [-0.4, -0.2) is 30.7 Å². The van der Waals surface area contributed by atoms with E-state index >= 15 is 0 Å². The molecule has 1 fully saturated rings. The molecule has 0 aromatic heterocycles. The van der Waals surface area contributed by atoms with Gasteiger partial charge in [0, 0.05) is 6.54 Å². The topological polar surface area (TPSA) is 3.24 Å². The van der Waals surface area contributed by atoms with Crippen LogP contribution in [0.3, 0.4) is 0 Å². The summed E-state index contributed by atoms with van der Waals surface area (Å²) < 4.78 is 36.2. The van der Waals surface area contributed by atoms with Crippen LogP contribution in [0.25, 0.3) is 0 Å². The summed E-state index contributed by atoms with van der Waals surface area (Å²) in [5, 5.41) is 0. The van der Waals surface area contributed by atoms with Gasteiger partial charge in [0.15, 0.2) is 0 Å². The second kappa shape index (κ2) is 3.48. The molecule has 0 bridgehead atoms. The fourth-order valence-electron chi connectivity index (χ4n) is 1.93. The third kappa shape index (κ3) is 3.98. The van der Waals surface area contributed by atoms with Crippen LogP contribution in [-0.2, 0) is 0 Å². The molecule has 13 heavy (non-hydrogen) atoms. The molecule has 0 saturated carbocycles. The Hall–Kier alpha value is -0.250. The van der Waals surface area contributed by atoms with Crippen LogP contribution in [0.2, 0.25) is 0 Å². The first-order valence-corrected chi connectivity index (χ1v) is 4.58. The van der Waals surface area contributed by atoms with E-state index in [1.54, 1.807) is 0 Å². The van der Waals surface area contributed by atoms with E-state index in [1.807, 2.05) is 13.8 Å². The molecule has 1 saturated heterocycles. The summed E-state index contributed by atoms with van der Waals surface area (Å²) in [6.07, 6.45) is -2.14. The van der Waals surface area contributed by atoms with Gasteiger partial charge in [-0.2, -0.15) is 13.2 Å². The van der Waals surface area contributed by atoms with Crippen molar-refractivity contribution in [3.05, 3.63) is 0 Å². The van der Waals surface area contributed by atoms with Gasteiger partial charge >= 0.3 is 6.18 Å². The lowest BCUT2D eigenvalue weighted by Gasteiger charge is -2.38. The molecule has 4 heteroatoms. The maximum absolute atomic E-state index is 12.1. The summed E-state index contributed by atoms with van der Waals surface area (Å²) in [6.45, 7) is 4.44. The summed E-state index contributed by atoms with van der Waals surface area (Å²) in [4.78, 5) is 1.50. The lowest BCUT2D eigenvalue weighted by Crippen LogP contribution is -2.44. The van der Waals surface area contributed by atoms with Crippen molar-refractivity contribution in [3.63, 3.8) is 0 Å². The number of nitrogens with zero attached hydrogens (tertiary/aromatic N) is 1. The van der Waals surface area contributed by atoms with Gasteiger partial charge in [0.05, 0.1) is 6.54 Å². The number of likely N-dealkylation sites (tertiary alicyclic amines) is 1. The highest BCUT2D eigenvalue weighted by molar-refractivity contribution is 4.80. The molecule has 0 spiro atoms. The predicted molar refractivity (Wildman–Crippen MR) is 45.5 cm³/mol. The van der Waals surface area contributed by atoms with Gasteiger partial charge in [-0.15, -0.1) is 0 Å². The van der Waals surface area contributed by atoms with E-state index in [2.05, 4.69) is 0 Å². The molecule has 1 aliphatic rings. The monoisotopic (exact) mass is 195 g/mol. The summed E-state index contributed by atoms with van der Waals surface area (Å²) in [5.74, 6) is 0. The first kappa shape index (κ1) is 10.8. The van der Waals surface area contributed by atoms with E-state index in [4.69, 9.17) is 0 Å². The summed E-state index contributed by atoms with van der Waals surface area (Å²) in [5.41, 5.74) is 0.0451. The van der Waals surface area contributed by atoms with E-state index in [0.717, 1.165) is 12.8 Å². The molecule has 1 nitrogen and oxygen atoms in total. The third-order valence-electron chi connectivity index (χ3n) is 2.38. The standard InChI is InChI=1S/C9H16F3N/c1-8(2)4-3-5-13(6-8)7-9(10,11)12/h3-7H2,1-2H3. The number of rotatable bonds is 1. The van der Waals surface area contributed by atoms with Crippen LogP contribution in [0.4, 0.5) is 13.2 Å². The molecule has 1 heterocycles. The molecule has 0 aromatic rings. The number of hydrogen-bond acceptors (Lipinski definition) is 1. The third-order valence-corrected chi connectivity index (χ3v) is 2.38. The largest absolute Gasteiger partial charge is 0.401 e. The van der Waals surface area contributed by atoms with Gasteiger partial charge in [-0.05, 0) is 24.8 Å². The van der Waals surface area contributed by atoms with E-state index in [9.17, 15) is 13.2 Å². The lowest BCUT2D eigenvalue weighted by atomic mass is 9.84. The summed E-state index contributed by atoms with van der Waals surface area (Å²) >= 11 is 0. The molecule has 0 unspecified atom stereocenters. The van der Waals surface area contributed by atoms with Gasteiger partial charge in [-0.25, -0.2) is 0 Å². The Kier molecular flexibility index (Phi) is 2.90. The van der Waals surface area contributed by atoms with Crippen molar-refractivity contribution in [1.29, 1.82) is 0 Å². The van der Waals surface area contributed by atoms with Crippen LogP contribution in [0.1, 0.15) is 26.7 Å². The quantitative estimate of drug-likeness (QED) is 0.621. The van der Waals surface area contributed by atoms with E-state index in [1.165, 1.54) is 4.90 Å². The second-order valence-corrected chi connectivity index (χ2v) is 4.59. The van der Waals surface area contributed by atoms with Gasteiger partial charge in [0.2, 0.25) is 0 Å². The average molecular weight is 195 g/mol. The Morgan fingerprint density at radius 2 is 1.92 bits per heavy atom. The predicted octanol–water partition coefficient (Wildman–Crippen LogP) is 2.67. The second-order valence-electron chi connectivity index (χ2n) is 4.59. The highest BCUT2D eigenvalue weighted by atomic mass is 19.4. The van der Waals surface area contributed by atoms with Crippen LogP contribution >= 0.6 is 0 Å². The average Bonchev–Trinajstić information content (AvgIpc) is 1.79. The Morgan fingerprint density at radius 3 is 2.38 bits per heavy atom. The number of halogens is 3. The van der Waals surface area contributed by atoms with E-state index < -0.39 is 12.7 Å². The van der Waals surface area contributed by atoms with Crippen molar-refractivity contribution in [2.24, 2.45) is 5.41 Å². The first-order chi connectivity index (χ1) is 5.79. The highest BCUT2D eigenvalue weighted by Crippen LogP contribution is 2.30. The van der Waals surface area contributed by atoms with Crippen LogP contribution in [0, 0.1) is 5.41 Å². The molecule has 0 N–H and O–H groups in total. The molecule has 1 aliphatic heterocycles. The SMILES string of the molecule is CC1(C)CCCN(CC(F)(F)F)C1. The van der Waals surface area contributed by atoms with E-state index in [0.29, 0.717) is 13.1 Å². The van der Waals surface area contributed by atoms with E-state index in [-0.39, 0.29) is 5.41 Å². The minimum Gasteiger partial charge on any atom is -0.294 e. The Bertz CT molecular complexity index is 172. The fraction of sp³-hybridized carbons (Fsp3) is 1.00. The van der Waals surface area contributed by atoms with Crippen molar-refractivity contribution in [3.8, 4) is 0 Å². The zero-order valence-corrected chi connectivity index (χ0v) is 8.12. The van der Waals surface area contributed by atoms with Crippen LogP contribution < -0.4 is 0 Å². The summed E-state index contributed by atoms with van der Waals surface area (Å²) in [6, 6.07) is 0. The first-order valence-electron chi connectivity index (χ1n) is 4.58. The molecule has 0 aliphatic carbocycles. The van der Waals surface area contributed by atoms with Crippen LogP contribution in [0.15, 0.2) is 0 Å². The molecule has 0 amide bonds. The van der Waals surface area contributed by atoms with Crippen molar-refractivity contribution in [1.82, 2.24) is 4.90 Å². The lowest BCUT2D eigenvalue weighted by molar-refractivity contribution is -0.151. The van der Waals surface area contributed by atoms with Gasteiger partial charge in [0.25, 0.3) is 0 Å². The maximum Gasteiger partial charge on any atom is 0.401 e. The van der Waals surface area contributed by atoms with Crippen molar-refractivity contribution >= 4 is 0 Å².